The van der Waals surface area contributed by atoms with E-state index < -0.39 is 25.9 Å². The minimum Gasteiger partial charge on any atom is -0.459 e. The average Bonchev–Trinajstić information content (AvgIpc) is 3.00. The van der Waals surface area contributed by atoms with Crippen LogP contribution in [0.5, 0.6) is 0 Å². The van der Waals surface area contributed by atoms with Gasteiger partial charge in [0.25, 0.3) is 8.32 Å². The summed E-state index contributed by atoms with van der Waals surface area (Å²) in [7, 11) is -2.81. The summed E-state index contributed by atoms with van der Waals surface area (Å²) in [5.74, 6) is 0.870. The third-order valence-corrected chi connectivity index (χ3v) is 15.0. The van der Waals surface area contributed by atoms with Crippen LogP contribution in [0.1, 0.15) is 88.0 Å². The number of aliphatic hydroxyl groups excluding tert-OH is 1. The Balaban J connectivity index is 2.11. The monoisotopic (exact) mass is 644 g/mol. The van der Waals surface area contributed by atoms with E-state index in [0.29, 0.717) is 18.3 Å². The molecular formula is C41H60O4Si. The van der Waals surface area contributed by atoms with Crippen molar-refractivity contribution in [3.63, 3.8) is 0 Å². The molecule has 0 heterocycles. The zero-order chi connectivity index (χ0) is 34.3. The Morgan fingerprint density at radius 3 is 1.93 bits per heavy atom. The van der Waals surface area contributed by atoms with Gasteiger partial charge in [0.05, 0.1) is 5.41 Å². The van der Waals surface area contributed by atoms with Crippen LogP contribution in [0, 0.1) is 29.1 Å². The molecule has 5 heteroatoms. The fourth-order valence-electron chi connectivity index (χ4n) is 7.34. The van der Waals surface area contributed by atoms with Crippen molar-refractivity contribution in [3.05, 3.63) is 97.6 Å². The summed E-state index contributed by atoms with van der Waals surface area (Å²) in [5.41, 5.74) is 0.674. The third kappa shape index (κ3) is 8.79. The van der Waals surface area contributed by atoms with Crippen LogP contribution in [0.3, 0.4) is 0 Å². The number of hydrogen-bond acceptors (Lipinski definition) is 4. The second-order valence-corrected chi connectivity index (χ2v) is 19.9. The number of rotatable bonds is 14. The highest BCUT2D eigenvalue weighted by Gasteiger charge is 2.52. The Labute approximate surface area is 281 Å². The Kier molecular flexibility index (Phi) is 13.0. The number of esters is 1. The lowest BCUT2D eigenvalue weighted by Crippen LogP contribution is -2.67. The van der Waals surface area contributed by atoms with Gasteiger partial charge in [0.2, 0.25) is 0 Å². The van der Waals surface area contributed by atoms with E-state index >= 15 is 0 Å². The van der Waals surface area contributed by atoms with E-state index in [1.807, 2.05) is 26.8 Å². The number of allylic oxidation sites excluding steroid dienone is 2. The SMILES string of the molecule is C=CC[C@H](C[C@H]1C(C)=CC[C@H](C(C)C)[C@H]1C[C@@H](OC(=O)C(C)(C)C)[C@H](O)C=C)O[Si](c1ccccc1)(c1ccccc1)C(C)(C)C. The summed E-state index contributed by atoms with van der Waals surface area (Å²) in [5, 5.41) is 13.4. The Bertz CT molecular complexity index is 1260. The maximum atomic E-state index is 13.1. The molecule has 1 aliphatic carbocycles. The van der Waals surface area contributed by atoms with Crippen LogP contribution in [0.2, 0.25) is 5.04 Å². The van der Waals surface area contributed by atoms with E-state index in [2.05, 4.69) is 121 Å². The first-order chi connectivity index (χ1) is 21.6. The molecule has 0 aliphatic heterocycles. The van der Waals surface area contributed by atoms with Gasteiger partial charge in [0.15, 0.2) is 0 Å². The smallest absolute Gasteiger partial charge is 0.311 e. The molecule has 0 spiro atoms. The van der Waals surface area contributed by atoms with Gasteiger partial charge in [-0.25, -0.2) is 0 Å². The normalized spacial score (nSPS) is 21.2. The van der Waals surface area contributed by atoms with Gasteiger partial charge in [-0.1, -0.05) is 119 Å². The quantitative estimate of drug-likeness (QED) is 0.127. The van der Waals surface area contributed by atoms with Crippen LogP contribution in [-0.4, -0.2) is 37.7 Å². The topological polar surface area (TPSA) is 55.8 Å². The summed E-state index contributed by atoms with van der Waals surface area (Å²) in [4.78, 5) is 13.1. The zero-order valence-electron chi connectivity index (χ0n) is 30.0. The van der Waals surface area contributed by atoms with E-state index in [4.69, 9.17) is 9.16 Å². The summed E-state index contributed by atoms with van der Waals surface area (Å²) in [6.07, 6.45) is 7.28. The van der Waals surface area contributed by atoms with E-state index in [1.54, 1.807) is 0 Å². The number of carbonyl (C=O) groups excluding carboxylic acids is 1. The molecule has 46 heavy (non-hydrogen) atoms. The van der Waals surface area contributed by atoms with E-state index in [0.717, 1.165) is 19.3 Å². The molecule has 0 bridgehead atoms. The molecule has 0 aromatic heterocycles. The first kappa shape index (κ1) is 37.7. The van der Waals surface area contributed by atoms with Crippen LogP contribution >= 0.6 is 0 Å². The minimum absolute atomic E-state index is 0.0783. The second-order valence-electron chi connectivity index (χ2n) is 15.7. The van der Waals surface area contributed by atoms with Gasteiger partial charge < -0.3 is 14.3 Å². The summed E-state index contributed by atoms with van der Waals surface area (Å²) < 4.78 is 13.7. The van der Waals surface area contributed by atoms with Gasteiger partial charge in [-0.05, 0) is 92.5 Å². The first-order valence-electron chi connectivity index (χ1n) is 17.1. The summed E-state index contributed by atoms with van der Waals surface area (Å²) in [6, 6.07) is 21.6. The molecule has 0 radical (unpaired) electrons. The molecule has 1 N–H and O–H groups in total. The lowest BCUT2D eigenvalue weighted by molar-refractivity contribution is -0.165. The van der Waals surface area contributed by atoms with Gasteiger partial charge in [0.1, 0.15) is 12.2 Å². The fraction of sp³-hybridized carbons (Fsp3) is 0.537. The Morgan fingerprint density at radius 2 is 1.50 bits per heavy atom. The van der Waals surface area contributed by atoms with E-state index in [-0.39, 0.29) is 28.9 Å². The standard InChI is InChI=1S/C41H60O4Si/c1-12-20-31(45-46(41(9,10)11,32-21-16-14-17-22-32)33-23-18-15-19-24-33)27-35-30(5)25-26-34(29(3)4)36(35)28-38(37(42)13-2)44-39(43)40(6,7)8/h12-19,21-25,29,31,34-38,42H,1-2,20,26-28H2,3-11H3/t31-,34-,35+,36-,37-,38-/m1/s1. The van der Waals surface area contributed by atoms with Gasteiger partial charge >= 0.3 is 5.97 Å². The largest absolute Gasteiger partial charge is 0.459 e. The van der Waals surface area contributed by atoms with Crippen molar-refractivity contribution in [2.24, 2.45) is 29.1 Å². The molecular weight excluding hydrogens is 585 g/mol. The molecule has 6 atom stereocenters. The average molecular weight is 645 g/mol. The first-order valence-corrected chi connectivity index (χ1v) is 19.1. The molecule has 0 fully saturated rings. The molecule has 0 unspecified atom stereocenters. The molecule has 252 valence electrons. The van der Waals surface area contributed by atoms with Crippen LogP contribution in [0.15, 0.2) is 97.6 Å². The fourth-order valence-corrected chi connectivity index (χ4v) is 12.1. The van der Waals surface area contributed by atoms with Crippen molar-refractivity contribution >= 4 is 24.7 Å². The summed E-state index contributed by atoms with van der Waals surface area (Å²) in [6.45, 7) is 27.3. The van der Waals surface area contributed by atoms with Crippen molar-refractivity contribution < 1.29 is 19.1 Å². The van der Waals surface area contributed by atoms with E-state index in [9.17, 15) is 9.90 Å². The van der Waals surface area contributed by atoms with Gasteiger partial charge in [-0.2, -0.15) is 0 Å². The van der Waals surface area contributed by atoms with Gasteiger partial charge in [-0.3, -0.25) is 4.79 Å². The van der Waals surface area contributed by atoms with Crippen LogP contribution in [0.25, 0.3) is 0 Å². The molecule has 2 aromatic carbocycles. The Morgan fingerprint density at radius 1 is 0.957 bits per heavy atom. The number of hydrogen-bond donors (Lipinski definition) is 1. The van der Waals surface area contributed by atoms with Gasteiger partial charge in [0, 0.05) is 6.10 Å². The second kappa shape index (κ2) is 15.9. The number of aliphatic hydroxyl groups is 1. The van der Waals surface area contributed by atoms with Crippen molar-refractivity contribution in [1.29, 1.82) is 0 Å². The molecule has 0 saturated heterocycles. The number of carbonyl (C=O) groups is 1. The highest BCUT2D eigenvalue weighted by atomic mass is 28.4. The van der Waals surface area contributed by atoms with Crippen LogP contribution in [-0.2, 0) is 14.0 Å². The van der Waals surface area contributed by atoms with E-state index in [1.165, 1.54) is 22.0 Å². The maximum Gasteiger partial charge on any atom is 0.311 e. The predicted octanol–water partition coefficient (Wildman–Crippen LogP) is 8.65. The lowest BCUT2D eigenvalue weighted by atomic mass is 9.64. The highest BCUT2D eigenvalue weighted by molar-refractivity contribution is 6.99. The number of benzene rings is 2. The molecule has 3 rings (SSSR count). The lowest BCUT2D eigenvalue weighted by Gasteiger charge is -2.47. The maximum absolute atomic E-state index is 13.1. The Hall–Kier alpha value is -2.73. The number of ether oxygens (including phenoxy) is 1. The van der Waals surface area contributed by atoms with Crippen LogP contribution in [0.4, 0.5) is 0 Å². The van der Waals surface area contributed by atoms with Crippen molar-refractivity contribution in [1.82, 2.24) is 0 Å². The highest BCUT2D eigenvalue weighted by Crippen LogP contribution is 2.46. The third-order valence-electron chi connectivity index (χ3n) is 9.92. The summed E-state index contributed by atoms with van der Waals surface area (Å²) >= 11 is 0. The molecule has 1 aliphatic rings. The minimum atomic E-state index is -2.81. The van der Waals surface area contributed by atoms with Crippen molar-refractivity contribution in [3.8, 4) is 0 Å². The zero-order valence-corrected chi connectivity index (χ0v) is 31.0. The van der Waals surface area contributed by atoms with Crippen molar-refractivity contribution in [2.75, 3.05) is 0 Å². The molecule has 2 aromatic rings. The van der Waals surface area contributed by atoms with Crippen molar-refractivity contribution in [2.45, 2.75) is 111 Å². The molecule has 4 nitrogen and oxygen atoms in total. The molecule has 0 saturated carbocycles. The predicted molar refractivity (Wildman–Crippen MR) is 196 cm³/mol. The van der Waals surface area contributed by atoms with Crippen LogP contribution < -0.4 is 10.4 Å². The van der Waals surface area contributed by atoms with Gasteiger partial charge in [-0.15, -0.1) is 13.2 Å². The molecule has 0 amide bonds.